The molecule has 0 fully saturated rings. The molecule has 22 heavy (non-hydrogen) atoms. The monoisotopic (exact) mass is 394 g/mol. The van der Waals surface area contributed by atoms with E-state index in [1.54, 1.807) is 24.3 Å². The lowest BCUT2D eigenvalue weighted by atomic mass is 10.2. The van der Waals surface area contributed by atoms with Crippen LogP contribution in [0.2, 0.25) is 5.02 Å². The summed E-state index contributed by atoms with van der Waals surface area (Å²) in [6, 6.07) is 14.8. The van der Waals surface area contributed by atoms with Crippen molar-refractivity contribution in [3.8, 4) is 0 Å². The summed E-state index contributed by atoms with van der Waals surface area (Å²) in [5, 5.41) is 6.24. The molecule has 2 N–H and O–H groups in total. The number of halogens is 2. The average Bonchev–Trinajstić information content (AvgIpc) is 2.50. The van der Waals surface area contributed by atoms with Crippen LogP contribution in [0.15, 0.2) is 59.1 Å². The van der Waals surface area contributed by atoms with Gasteiger partial charge in [0.15, 0.2) is 5.11 Å². The summed E-state index contributed by atoms with van der Waals surface area (Å²) < 4.78 is 0.792. The number of rotatable bonds is 3. The van der Waals surface area contributed by atoms with Crippen molar-refractivity contribution >= 4 is 62.5 Å². The third kappa shape index (κ3) is 5.26. The van der Waals surface area contributed by atoms with E-state index in [0.717, 1.165) is 10.0 Å². The molecule has 0 spiro atoms. The van der Waals surface area contributed by atoms with Gasteiger partial charge in [0.05, 0.1) is 5.02 Å². The molecular weight excluding hydrogens is 384 g/mol. The first kappa shape index (κ1) is 16.7. The number of carbonyl (C=O) groups excluding carboxylic acids is 1. The van der Waals surface area contributed by atoms with Crippen LogP contribution in [0, 0.1) is 0 Å². The lowest BCUT2D eigenvalue weighted by Gasteiger charge is -2.08. The quantitative estimate of drug-likeness (QED) is 0.588. The molecule has 2 aromatic carbocycles. The highest BCUT2D eigenvalue weighted by atomic mass is 79.9. The van der Waals surface area contributed by atoms with Gasteiger partial charge in [-0.3, -0.25) is 10.1 Å². The van der Waals surface area contributed by atoms with Crippen molar-refractivity contribution < 1.29 is 4.79 Å². The van der Waals surface area contributed by atoms with Gasteiger partial charge in [0.2, 0.25) is 5.91 Å². The molecule has 0 heterocycles. The molecule has 0 aliphatic carbocycles. The van der Waals surface area contributed by atoms with Crippen LogP contribution in [-0.2, 0) is 4.79 Å². The molecule has 0 unspecified atom stereocenters. The summed E-state index contributed by atoms with van der Waals surface area (Å²) in [6.45, 7) is 0. The minimum atomic E-state index is -0.301. The van der Waals surface area contributed by atoms with E-state index < -0.39 is 0 Å². The Labute approximate surface area is 147 Å². The number of amides is 1. The van der Waals surface area contributed by atoms with Crippen LogP contribution in [0.3, 0.4) is 0 Å². The first-order valence-corrected chi connectivity index (χ1v) is 7.92. The number of hydrogen-bond donors (Lipinski definition) is 2. The van der Waals surface area contributed by atoms with Gasteiger partial charge in [-0.05, 0) is 58.0 Å². The predicted molar refractivity (Wildman–Crippen MR) is 99.0 cm³/mol. The van der Waals surface area contributed by atoms with Gasteiger partial charge in [-0.25, -0.2) is 0 Å². The first-order valence-electron chi connectivity index (χ1n) is 6.35. The van der Waals surface area contributed by atoms with Gasteiger partial charge in [0.25, 0.3) is 0 Å². The molecule has 0 aromatic heterocycles. The Hall–Kier alpha value is -1.69. The Morgan fingerprint density at radius 1 is 1.18 bits per heavy atom. The van der Waals surface area contributed by atoms with Crippen molar-refractivity contribution in [2.75, 3.05) is 5.32 Å². The Morgan fingerprint density at radius 3 is 2.59 bits per heavy atom. The number of anilines is 1. The largest absolute Gasteiger partial charge is 0.332 e. The van der Waals surface area contributed by atoms with Crippen LogP contribution in [0.4, 0.5) is 5.69 Å². The van der Waals surface area contributed by atoms with Crippen molar-refractivity contribution in [3.63, 3.8) is 0 Å². The summed E-state index contributed by atoms with van der Waals surface area (Å²) in [6.07, 6.45) is 3.15. The molecule has 0 saturated heterocycles. The van der Waals surface area contributed by atoms with E-state index in [4.69, 9.17) is 23.8 Å². The van der Waals surface area contributed by atoms with Crippen LogP contribution < -0.4 is 10.6 Å². The zero-order valence-electron chi connectivity index (χ0n) is 11.3. The van der Waals surface area contributed by atoms with E-state index in [1.165, 1.54) is 6.08 Å². The third-order valence-corrected chi connectivity index (χ3v) is 4.08. The maximum Gasteiger partial charge on any atom is 0.250 e. The van der Waals surface area contributed by atoms with Crippen molar-refractivity contribution in [2.45, 2.75) is 0 Å². The molecule has 0 atom stereocenters. The van der Waals surface area contributed by atoms with Gasteiger partial charge in [0.1, 0.15) is 0 Å². The second-order valence-corrected chi connectivity index (χ2v) is 5.99. The topological polar surface area (TPSA) is 41.1 Å². The second kappa shape index (κ2) is 8.08. The fourth-order valence-corrected chi connectivity index (χ4v) is 2.27. The fraction of sp³-hybridized carbons (Fsp3) is 0. The normalized spacial score (nSPS) is 10.5. The van der Waals surface area contributed by atoms with Crippen LogP contribution in [0.25, 0.3) is 6.08 Å². The highest BCUT2D eigenvalue weighted by Crippen LogP contribution is 2.25. The van der Waals surface area contributed by atoms with E-state index in [-0.39, 0.29) is 11.0 Å². The fourth-order valence-electron chi connectivity index (χ4n) is 1.63. The van der Waals surface area contributed by atoms with Crippen molar-refractivity contribution in [1.29, 1.82) is 0 Å². The van der Waals surface area contributed by atoms with Gasteiger partial charge in [0, 0.05) is 16.2 Å². The van der Waals surface area contributed by atoms with Crippen LogP contribution >= 0.6 is 39.7 Å². The molecule has 0 saturated carbocycles. The smallest absolute Gasteiger partial charge is 0.250 e. The van der Waals surface area contributed by atoms with E-state index in [2.05, 4.69) is 26.6 Å². The number of benzene rings is 2. The molecule has 0 radical (unpaired) electrons. The molecule has 1 amide bonds. The molecule has 0 aliphatic heterocycles. The lowest BCUT2D eigenvalue weighted by Crippen LogP contribution is -2.32. The first-order chi connectivity index (χ1) is 10.5. The third-order valence-electron chi connectivity index (χ3n) is 2.64. The Morgan fingerprint density at radius 2 is 1.91 bits per heavy atom. The standard InChI is InChI=1S/C16H12BrClN2OS/c17-13-8-7-12(10-14(13)18)19-16(22)20-15(21)9-6-11-4-2-1-3-5-11/h1-10H,(H2,19,20,21,22)/b9-6+. The Balaban J connectivity index is 1.90. The highest BCUT2D eigenvalue weighted by Gasteiger charge is 2.03. The van der Waals surface area contributed by atoms with Crippen molar-refractivity contribution in [3.05, 3.63) is 69.7 Å². The van der Waals surface area contributed by atoms with Gasteiger partial charge < -0.3 is 5.32 Å². The summed E-state index contributed by atoms with van der Waals surface area (Å²) >= 11 is 14.4. The van der Waals surface area contributed by atoms with Crippen molar-refractivity contribution in [2.24, 2.45) is 0 Å². The summed E-state index contributed by atoms with van der Waals surface area (Å²) in [5.74, 6) is -0.301. The van der Waals surface area contributed by atoms with E-state index in [9.17, 15) is 4.79 Å². The van der Waals surface area contributed by atoms with E-state index >= 15 is 0 Å². The minimum absolute atomic E-state index is 0.209. The summed E-state index contributed by atoms with van der Waals surface area (Å²) in [7, 11) is 0. The van der Waals surface area contributed by atoms with Crippen molar-refractivity contribution in [1.82, 2.24) is 5.32 Å². The predicted octanol–water partition coefficient (Wildman–Crippen LogP) is 4.63. The van der Waals surface area contributed by atoms with Gasteiger partial charge in [-0.15, -0.1) is 0 Å². The zero-order chi connectivity index (χ0) is 15.9. The molecule has 6 heteroatoms. The lowest BCUT2D eigenvalue weighted by molar-refractivity contribution is -0.115. The molecule has 3 nitrogen and oxygen atoms in total. The van der Waals surface area contributed by atoms with Gasteiger partial charge in [-0.2, -0.15) is 0 Å². The SMILES string of the molecule is O=C(/C=C/c1ccccc1)NC(=S)Nc1ccc(Br)c(Cl)c1. The van der Waals surface area contributed by atoms with Crippen LogP contribution in [-0.4, -0.2) is 11.0 Å². The molecule has 2 rings (SSSR count). The highest BCUT2D eigenvalue weighted by molar-refractivity contribution is 9.10. The molecule has 0 bridgehead atoms. The summed E-state index contributed by atoms with van der Waals surface area (Å²) in [4.78, 5) is 11.8. The Bertz CT molecular complexity index is 719. The van der Waals surface area contributed by atoms with Gasteiger partial charge in [-0.1, -0.05) is 41.9 Å². The van der Waals surface area contributed by atoms with E-state index in [1.807, 2.05) is 30.3 Å². The van der Waals surface area contributed by atoms with E-state index in [0.29, 0.717) is 10.7 Å². The molecule has 2 aromatic rings. The molecular formula is C16H12BrClN2OS. The summed E-state index contributed by atoms with van der Waals surface area (Å²) in [5.41, 5.74) is 1.64. The zero-order valence-corrected chi connectivity index (χ0v) is 14.5. The molecule has 112 valence electrons. The number of carbonyl (C=O) groups is 1. The van der Waals surface area contributed by atoms with Gasteiger partial charge >= 0.3 is 0 Å². The maximum atomic E-state index is 11.8. The second-order valence-electron chi connectivity index (χ2n) is 4.32. The number of nitrogens with one attached hydrogen (secondary N) is 2. The maximum absolute atomic E-state index is 11.8. The minimum Gasteiger partial charge on any atom is -0.332 e. The number of thiocarbonyl (C=S) groups is 1. The molecule has 0 aliphatic rings. The van der Waals surface area contributed by atoms with Crippen LogP contribution in [0.5, 0.6) is 0 Å². The number of hydrogen-bond acceptors (Lipinski definition) is 2. The Kier molecular flexibility index (Phi) is 6.12. The van der Waals surface area contributed by atoms with Crippen LogP contribution in [0.1, 0.15) is 5.56 Å². The average molecular weight is 396 g/mol.